The highest BCUT2D eigenvalue weighted by molar-refractivity contribution is 5.80. The monoisotopic (exact) mass is 327 g/mol. The molecule has 0 radical (unpaired) electrons. The van der Waals surface area contributed by atoms with Gasteiger partial charge in [-0.05, 0) is 32.3 Å². The lowest BCUT2D eigenvalue weighted by atomic mass is 10.1. The van der Waals surface area contributed by atoms with Crippen LogP contribution in [0.25, 0.3) is 22.4 Å². The lowest BCUT2D eigenvalue weighted by Gasteiger charge is -2.16. The van der Waals surface area contributed by atoms with Crippen LogP contribution in [0, 0.1) is 0 Å². The molecule has 3 aromatic rings. The van der Waals surface area contributed by atoms with Gasteiger partial charge in [-0.3, -0.25) is 5.10 Å². The second-order valence-corrected chi connectivity index (χ2v) is 6.49. The molecule has 0 aliphatic heterocycles. The molecule has 0 saturated carbocycles. The summed E-state index contributed by atoms with van der Waals surface area (Å²) < 4.78 is 5.79. The van der Waals surface area contributed by atoms with E-state index < -0.39 is 0 Å². The maximum absolute atomic E-state index is 5.79. The summed E-state index contributed by atoms with van der Waals surface area (Å²) in [5.74, 6) is 1.05. The van der Waals surface area contributed by atoms with Crippen LogP contribution in [-0.2, 0) is 6.54 Å². The molecule has 128 valence electrons. The van der Waals surface area contributed by atoms with Crippen LogP contribution >= 0.6 is 0 Å². The molecule has 24 heavy (non-hydrogen) atoms. The minimum absolute atomic E-state index is 0.280. The van der Waals surface area contributed by atoms with E-state index in [0.29, 0.717) is 0 Å². The van der Waals surface area contributed by atoms with Gasteiger partial charge < -0.3 is 14.6 Å². The number of oxazole rings is 1. The smallest absolute Gasteiger partial charge is 0.198 e. The second-order valence-electron chi connectivity index (χ2n) is 6.49. The third kappa shape index (κ3) is 3.49. The maximum atomic E-state index is 5.79. The summed E-state index contributed by atoms with van der Waals surface area (Å²) in [4.78, 5) is 6.86. The summed E-state index contributed by atoms with van der Waals surface area (Å²) in [6, 6.07) is 6.08. The van der Waals surface area contributed by atoms with Gasteiger partial charge >= 0.3 is 0 Å². The zero-order valence-corrected chi connectivity index (χ0v) is 14.8. The topological polar surface area (TPSA) is 70.0 Å². The van der Waals surface area contributed by atoms with E-state index in [2.05, 4.69) is 52.4 Å². The van der Waals surface area contributed by atoms with Crippen molar-refractivity contribution >= 4 is 11.1 Å². The molecular formula is C18H25N5O. The van der Waals surface area contributed by atoms with Crippen molar-refractivity contribution in [1.29, 1.82) is 0 Å². The van der Waals surface area contributed by atoms with E-state index in [0.717, 1.165) is 47.9 Å². The Balaban J connectivity index is 1.86. The Morgan fingerprint density at radius 2 is 2.17 bits per heavy atom. The molecule has 0 spiro atoms. The van der Waals surface area contributed by atoms with Gasteiger partial charge in [0.1, 0.15) is 5.52 Å². The number of rotatable bonds is 7. The zero-order chi connectivity index (χ0) is 17.1. The number of aromatic nitrogens is 3. The summed E-state index contributed by atoms with van der Waals surface area (Å²) in [7, 11) is 4.08. The van der Waals surface area contributed by atoms with Gasteiger partial charge in [0.05, 0.1) is 5.69 Å². The molecule has 0 fully saturated rings. The Labute approximate surface area is 142 Å². The number of H-pyrrole nitrogens is 1. The van der Waals surface area contributed by atoms with Crippen LogP contribution < -0.4 is 5.32 Å². The summed E-state index contributed by atoms with van der Waals surface area (Å²) in [5, 5.41) is 10.6. The van der Waals surface area contributed by atoms with E-state index in [1.54, 1.807) is 0 Å². The van der Waals surface area contributed by atoms with Crippen molar-refractivity contribution in [3.63, 3.8) is 0 Å². The first kappa shape index (κ1) is 16.7. The van der Waals surface area contributed by atoms with E-state index >= 15 is 0 Å². The van der Waals surface area contributed by atoms with Crippen molar-refractivity contribution in [3.05, 3.63) is 35.9 Å². The average molecular weight is 327 g/mol. The quantitative estimate of drug-likeness (QED) is 0.698. The first-order chi connectivity index (χ1) is 11.6. The molecule has 3 rings (SSSR count). The van der Waals surface area contributed by atoms with E-state index in [9.17, 15) is 0 Å². The van der Waals surface area contributed by atoms with E-state index in [-0.39, 0.29) is 5.92 Å². The molecule has 0 atom stereocenters. The predicted octanol–water partition coefficient (Wildman–Crippen LogP) is 2.99. The van der Waals surface area contributed by atoms with Gasteiger partial charge in [-0.1, -0.05) is 13.8 Å². The van der Waals surface area contributed by atoms with Gasteiger partial charge in [-0.15, -0.1) is 0 Å². The number of nitrogens with zero attached hydrogens (tertiary/aromatic N) is 3. The van der Waals surface area contributed by atoms with Crippen LogP contribution in [0.4, 0.5) is 0 Å². The molecule has 1 aromatic carbocycles. The number of hydrogen-bond donors (Lipinski definition) is 2. The third-order valence-corrected chi connectivity index (χ3v) is 4.07. The lowest BCUT2D eigenvalue weighted by Crippen LogP contribution is -2.26. The fourth-order valence-electron chi connectivity index (χ4n) is 2.70. The van der Waals surface area contributed by atoms with Crippen molar-refractivity contribution in [2.45, 2.75) is 26.3 Å². The van der Waals surface area contributed by atoms with E-state index in [1.165, 1.54) is 5.56 Å². The standard InChI is InChI=1S/C18H25N5O/c1-12(2)18-21-15-9-13(5-6-16(15)24-18)17-14(10-20-22-17)11-23(4)8-7-19-3/h5-6,9-10,12,19H,7-8,11H2,1-4H3,(H,20,22). The molecule has 2 aromatic heterocycles. The van der Waals surface area contributed by atoms with Gasteiger partial charge in [0, 0.05) is 42.9 Å². The molecule has 0 saturated heterocycles. The zero-order valence-electron chi connectivity index (χ0n) is 14.8. The minimum Gasteiger partial charge on any atom is -0.440 e. The lowest BCUT2D eigenvalue weighted by molar-refractivity contribution is 0.328. The maximum Gasteiger partial charge on any atom is 0.198 e. The van der Waals surface area contributed by atoms with Gasteiger partial charge in [0.15, 0.2) is 11.5 Å². The van der Waals surface area contributed by atoms with Gasteiger partial charge in [-0.25, -0.2) is 4.98 Å². The van der Waals surface area contributed by atoms with Crippen molar-refractivity contribution in [2.24, 2.45) is 0 Å². The second kappa shape index (κ2) is 7.15. The van der Waals surface area contributed by atoms with E-state index in [4.69, 9.17) is 4.42 Å². The highest BCUT2D eigenvalue weighted by atomic mass is 16.3. The Kier molecular flexibility index (Phi) is 4.97. The van der Waals surface area contributed by atoms with Crippen molar-refractivity contribution < 1.29 is 4.42 Å². The molecule has 2 heterocycles. The van der Waals surface area contributed by atoms with Gasteiger partial charge in [-0.2, -0.15) is 5.10 Å². The first-order valence-corrected chi connectivity index (χ1v) is 8.35. The fraction of sp³-hybridized carbons (Fsp3) is 0.444. The molecule has 0 aliphatic rings. The number of likely N-dealkylation sites (N-methyl/N-ethyl adjacent to an activating group) is 2. The highest BCUT2D eigenvalue weighted by Crippen LogP contribution is 2.28. The number of fused-ring (bicyclic) bond motifs is 1. The van der Waals surface area contributed by atoms with Crippen molar-refractivity contribution in [1.82, 2.24) is 25.4 Å². The number of benzene rings is 1. The normalized spacial score (nSPS) is 11.9. The van der Waals surface area contributed by atoms with Crippen LogP contribution in [0.2, 0.25) is 0 Å². The Morgan fingerprint density at radius 3 is 2.92 bits per heavy atom. The number of aromatic amines is 1. The average Bonchev–Trinajstić information content (AvgIpc) is 3.18. The Bertz CT molecular complexity index is 805. The SMILES string of the molecule is CNCCN(C)Cc1c[nH]nc1-c1ccc2oc(C(C)C)nc2c1. The summed E-state index contributed by atoms with van der Waals surface area (Å²) in [5.41, 5.74) is 4.92. The molecule has 6 nitrogen and oxygen atoms in total. The fourth-order valence-corrected chi connectivity index (χ4v) is 2.70. The molecule has 0 aliphatic carbocycles. The molecular weight excluding hydrogens is 302 g/mol. The van der Waals surface area contributed by atoms with Crippen LogP contribution in [0.5, 0.6) is 0 Å². The Hall–Kier alpha value is -2.18. The number of nitrogens with one attached hydrogen (secondary N) is 2. The predicted molar refractivity (Wildman–Crippen MR) is 95.9 cm³/mol. The van der Waals surface area contributed by atoms with Crippen LogP contribution in [0.15, 0.2) is 28.8 Å². The molecule has 6 heteroatoms. The molecule has 2 N–H and O–H groups in total. The molecule has 0 bridgehead atoms. The summed E-state index contributed by atoms with van der Waals surface area (Å²) in [6.45, 7) is 6.96. The third-order valence-electron chi connectivity index (χ3n) is 4.07. The highest BCUT2D eigenvalue weighted by Gasteiger charge is 2.14. The van der Waals surface area contributed by atoms with Crippen LogP contribution in [-0.4, -0.2) is 47.3 Å². The van der Waals surface area contributed by atoms with Crippen LogP contribution in [0.3, 0.4) is 0 Å². The van der Waals surface area contributed by atoms with Gasteiger partial charge in [0.25, 0.3) is 0 Å². The van der Waals surface area contributed by atoms with Crippen LogP contribution in [0.1, 0.15) is 31.2 Å². The number of hydrogen-bond acceptors (Lipinski definition) is 5. The molecule has 0 unspecified atom stereocenters. The minimum atomic E-state index is 0.280. The molecule has 0 amide bonds. The Morgan fingerprint density at radius 1 is 1.33 bits per heavy atom. The van der Waals surface area contributed by atoms with Crippen molar-refractivity contribution in [2.75, 3.05) is 27.2 Å². The summed E-state index contributed by atoms with van der Waals surface area (Å²) in [6.07, 6.45) is 1.97. The largest absolute Gasteiger partial charge is 0.440 e. The van der Waals surface area contributed by atoms with Gasteiger partial charge in [0.2, 0.25) is 0 Å². The summed E-state index contributed by atoms with van der Waals surface area (Å²) >= 11 is 0. The first-order valence-electron chi connectivity index (χ1n) is 8.35. The van der Waals surface area contributed by atoms with E-state index in [1.807, 2.05) is 25.4 Å². The van der Waals surface area contributed by atoms with Crippen molar-refractivity contribution in [3.8, 4) is 11.3 Å².